The molecule has 24 heavy (non-hydrogen) atoms. The number of halogens is 2. The van der Waals surface area contributed by atoms with Gasteiger partial charge in [0.15, 0.2) is 0 Å². The van der Waals surface area contributed by atoms with E-state index in [1.165, 1.54) is 12.1 Å². The molecule has 1 heterocycles. The zero-order valence-corrected chi connectivity index (χ0v) is 14.8. The van der Waals surface area contributed by atoms with Crippen molar-refractivity contribution in [1.29, 1.82) is 0 Å². The van der Waals surface area contributed by atoms with Gasteiger partial charge >= 0.3 is 6.03 Å². The summed E-state index contributed by atoms with van der Waals surface area (Å²) < 4.78 is 14.0. The molecule has 1 saturated heterocycles. The van der Waals surface area contributed by atoms with Crippen LogP contribution in [0.25, 0.3) is 0 Å². The van der Waals surface area contributed by atoms with Crippen molar-refractivity contribution in [3.8, 4) is 0 Å². The molecule has 6 heteroatoms. The molecular formula is C18H19BrFN3O. The lowest BCUT2D eigenvalue weighted by atomic mass is 10.2. The van der Waals surface area contributed by atoms with Crippen LogP contribution >= 0.6 is 15.9 Å². The lowest BCUT2D eigenvalue weighted by Crippen LogP contribution is -2.51. The molecule has 2 aromatic carbocycles. The summed E-state index contributed by atoms with van der Waals surface area (Å²) in [4.78, 5) is 16.2. The summed E-state index contributed by atoms with van der Waals surface area (Å²) in [5.74, 6) is -0.232. The molecule has 0 atom stereocenters. The van der Waals surface area contributed by atoms with E-state index >= 15 is 0 Å². The van der Waals surface area contributed by atoms with Crippen molar-refractivity contribution in [3.63, 3.8) is 0 Å². The molecule has 4 nitrogen and oxygen atoms in total. The van der Waals surface area contributed by atoms with E-state index in [1.807, 2.05) is 29.2 Å². The van der Waals surface area contributed by atoms with Gasteiger partial charge < -0.3 is 15.1 Å². The van der Waals surface area contributed by atoms with Crippen molar-refractivity contribution in [2.45, 2.75) is 6.54 Å². The van der Waals surface area contributed by atoms with E-state index in [0.717, 1.165) is 28.8 Å². The predicted octanol–water partition coefficient (Wildman–Crippen LogP) is 3.62. The van der Waals surface area contributed by atoms with E-state index in [9.17, 15) is 9.18 Å². The number of carbonyl (C=O) groups excluding carboxylic acids is 1. The van der Waals surface area contributed by atoms with E-state index in [4.69, 9.17) is 0 Å². The number of hydrogen-bond donors (Lipinski definition) is 1. The van der Waals surface area contributed by atoms with Gasteiger partial charge in [-0.25, -0.2) is 9.18 Å². The molecule has 3 rings (SSSR count). The minimum Gasteiger partial charge on any atom is -0.368 e. The Kier molecular flexibility index (Phi) is 5.35. The van der Waals surface area contributed by atoms with Crippen LogP contribution in [0.15, 0.2) is 53.0 Å². The van der Waals surface area contributed by atoms with E-state index < -0.39 is 0 Å². The highest BCUT2D eigenvalue weighted by atomic mass is 79.9. The van der Waals surface area contributed by atoms with Gasteiger partial charge in [0.2, 0.25) is 0 Å². The normalized spacial score (nSPS) is 14.6. The maximum absolute atomic E-state index is 13.0. The van der Waals surface area contributed by atoms with Crippen LogP contribution < -0.4 is 10.2 Å². The van der Waals surface area contributed by atoms with Gasteiger partial charge in [-0.15, -0.1) is 0 Å². The van der Waals surface area contributed by atoms with Crippen molar-refractivity contribution in [1.82, 2.24) is 10.2 Å². The lowest BCUT2D eigenvalue weighted by Gasteiger charge is -2.36. The first-order valence-electron chi connectivity index (χ1n) is 7.89. The number of urea groups is 1. The number of piperazine rings is 1. The molecule has 0 aliphatic carbocycles. The first kappa shape index (κ1) is 16.8. The average molecular weight is 392 g/mol. The quantitative estimate of drug-likeness (QED) is 0.866. The summed E-state index contributed by atoms with van der Waals surface area (Å²) in [5, 5.41) is 2.95. The monoisotopic (exact) mass is 391 g/mol. The van der Waals surface area contributed by atoms with Crippen LogP contribution in [0.1, 0.15) is 5.56 Å². The van der Waals surface area contributed by atoms with Gasteiger partial charge in [0.25, 0.3) is 0 Å². The largest absolute Gasteiger partial charge is 0.368 e. The molecule has 0 radical (unpaired) electrons. The summed E-state index contributed by atoms with van der Waals surface area (Å²) in [5.41, 5.74) is 2.06. The number of anilines is 1. The van der Waals surface area contributed by atoms with Gasteiger partial charge in [0.05, 0.1) is 0 Å². The molecule has 0 unspecified atom stereocenters. The van der Waals surface area contributed by atoms with Gasteiger partial charge in [-0.2, -0.15) is 0 Å². The Morgan fingerprint density at radius 3 is 2.25 bits per heavy atom. The van der Waals surface area contributed by atoms with Crippen LogP contribution in [0.3, 0.4) is 0 Å². The molecule has 2 aromatic rings. The van der Waals surface area contributed by atoms with Crippen LogP contribution in [-0.4, -0.2) is 37.1 Å². The van der Waals surface area contributed by atoms with Crippen LogP contribution in [0.5, 0.6) is 0 Å². The molecule has 0 saturated carbocycles. The number of carbonyl (C=O) groups is 1. The smallest absolute Gasteiger partial charge is 0.317 e. The highest BCUT2D eigenvalue weighted by Gasteiger charge is 2.21. The van der Waals surface area contributed by atoms with Gasteiger partial charge in [0, 0.05) is 42.9 Å². The molecule has 1 N–H and O–H groups in total. The zero-order valence-electron chi connectivity index (χ0n) is 13.2. The van der Waals surface area contributed by atoms with Crippen LogP contribution in [0.2, 0.25) is 0 Å². The number of rotatable bonds is 3. The number of amides is 2. The Morgan fingerprint density at radius 1 is 1.00 bits per heavy atom. The fourth-order valence-electron chi connectivity index (χ4n) is 2.71. The van der Waals surface area contributed by atoms with E-state index in [1.54, 1.807) is 12.1 Å². The van der Waals surface area contributed by atoms with E-state index in [-0.39, 0.29) is 11.8 Å². The second-order valence-corrected chi connectivity index (χ2v) is 6.65. The maximum Gasteiger partial charge on any atom is 0.317 e. The number of benzene rings is 2. The lowest BCUT2D eigenvalue weighted by molar-refractivity contribution is 0.194. The fourth-order valence-corrected chi connectivity index (χ4v) is 2.98. The fraction of sp³-hybridized carbons (Fsp3) is 0.278. The first-order chi connectivity index (χ1) is 11.6. The zero-order chi connectivity index (χ0) is 16.9. The number of nitrogens with one attached hydrogen (secondary N) is 1. The third kappa shape index (κ3) is 4.26. The average Bonchev–Trinajstić information content (AvgIpc) is 2.62. The molecule has 0 bridgehead atoms. The standard InChI is InChI=1S/C18H19BrFN3O/c19-15-3-1-14(2-4-15)13-21-18(24)23-11-9-22(10-12-23)17-7-5-16(20)6-8-17/h1-8H,9-13H2,(H,21,24). The Bertz CT molecular complexity index is 682. The molecule has 1 aliphatic heterocycles. The second kappa shape index (κ2) is 7.66. The Hall–Kier alpha value is -2.08. The van der Waals surface area contributed by atoms with Gasteiger partial charge in [-0.3, -0.25) is 0 Å². The minimum absolute atomic E-state index is 0.0447. The Labute approximate surface area is 149 Å². The highest BCUT2D eigenvalue weighted by Crippen LogP contribution is 2.17. The molecule has 126 valence electrons. The third-order valence-electron chi connectivity index (χ3n) is 4.12. The number of nitrogens with zero attached hydrogens (tertiary/aromatic N) is 2. The predicted molar refractivity (Wildman–Crippen MR) is 96.6 cm³/mol. The van der Waals surface area contributed by atoms with Crippen molar-refractivity contribution in [2.24, 2.45) is 0 Å². The van der Waals surface area contributed by atoms with E-state index in [0.29, 0.717) is 19.6 Å². The summed E-state index contributed by atoms with van der Waals surface area (Å²) >= 11 is 3.40. The summed E-state index contributed by atoms with van der Waals surface area (Å²) in [6.45, 7) is 3.33. The first-order valence-corrected chi connectivity index (χ1v) is 8.69. The molecule has 0 spiro atoms. The topological polar surface area (TPSA) is 35.6 Å². The van der Waals surface area contributed by atoms with Crippen LogP contribution in [0, 0.1) is 5.82 Å². The maximum atomic E-state index is 13.0. The number of hydrogen-bond acceptors (Lipinski definition) is 2. The van der Waals surface area contributed by atoms with Crippen molar-refractivity contribution < 1.29 is 9.18 Å². The van der Waals surface area contributed by atoms with Crippen molar-refractivity contribution >= 4 is 27.6 Å². The third-order valence-corrected chi connectivity index (χ3v) is 4.64. The summed E-state index contributed by atoms with van der Waals surface area (Å²) in [6.07, 6.45) is 0. The van der Waals surface area contributed by atoms with Crippen LogP contribution in [-0.2, 0) is 6.54 Å². The second-order valence-electron chi connectivity index (χ2n) is 5.74. The van der Waals surface area contributed by atoms with Crippen molar-refractivity contribution in [3.05, 3.63) is 64.4 Å². The van der Waals surface area contributed by atoms with E-state index in [2.05, 4.69) is 26.1 Å². The van der Waals surface area contributed by atoms with Crippen LogP contribution in [0.4, 0.5) is 14.9 Å². The van der Waals surface area contributed by atoms with Gasteiger partial charge in [0.1, 0.15) is 5.82 Å². The molecule has 1 aliphatic rings. The SMILES string of the molecule is O=C(NCc1ccc(Br)cc1)N1CCN(c2ccc(F)cc2)CC1. The van der Waals surface area contributed by atoms with Gasteiger partial charge in [-0.05, 0) is 42.0 Å². The van der Waals surface area contributed by atoms with Gasteiger partial charge in [-0.1, -0.05) is 28.1 Å². The molecule has 2 amide bonds. The summed E-state index contributed by atoms with van der Waals surface area (Å²) in [7, 11) is 0. The highest BCUT2D eigenvalue weighted by molar-refractivity contribution is 9.10. The molecule has 0 aromatic heterocycles. The Balaban J connectivity index is 1.48. The minimum atomic E-state index is -0.232. The molecular weight excluding hydrogens is 373 g/mol. The Morgan fingerprint density at radius 2 is 1.62 bits per heavy atom. The molecule has 1 fully saturated rings. The van der Waals surface area contributed by atoms with Crippen molar-refractivity contribution in [2.75, 3.05) is 31.1 Å². The summed E-state index contributed by atoms with van der Waals surface area (Å²) in [6, 6.07) is 14.3.